The first kappa shape index (κ1) is 17.2. The van der Waals surface area contributed by atoms with Gasteiger partial charge in [-0.15, -0.1) is 0 Å². The molecule has 0 aliphatic heterocycles. The summed E-state index contributed by atoms with van der Waals surface area (Å²) in [5.74, 6) is -1.15. The maximum atomic E-state index is 11.5. The maximum Gasteiger partial charge on any atom is 0.336 e. The molecule has 0 unspecified atom stereocenters. The fourth-order valence-corrected chi connectivity index (χ4v) is 1.58. The van der Waals surface area contributed by atoms with Crippen molar-refractivity contribution in [3.8, 4) is 5.75 Å². The number of hydrogen-bond donors (Lipinski definition) is 1. The first-order chi connectivity index (χ1) is 10.6. The summed E-state index contributed by atoms with van der Waals surface area (Å²) in [6, 6.07) is 6.32. The molecule has 4 nitrogen and oxygen atoms in total. The summed E-state index contributed by atoms with van der Waals surface area (Å²) < 4.78 is 5.10. The second-order valence-electron chi connectivity index (χ2n) is 4.24. The van der Waals surface area contributed by atoms with Crippen molar-refractivity contribution in [1.82, 2.24) is 0 Å². The second kappa shape index (κ2) is 9.13. The van der Waals surface area contributed by atoms with Crippen LogP contribution >= 0.6 is 0 Å². The molecule has 0 aliphatic rings. The van der Waals surface area contributed by atoms with Gasteiger partial charge >= 0.3 is 11.9 Å². The lowest BCUT2D eigenvalue weighted by atomic mass is 10.1. The molecular formula is C18H18O4. The molecule has 0 atom stereocenters. The van der Waals surface area contributed by atoms with Gasteiger partial charge in [0.05, 0.1) is 5.57 Å². The van der Waals surface area contributed by atoms with Crippen molar-refractivity contribution in [1.29, 1.82) is 0 Å². The molecule has 0 fully saturated rings. The largest absolute Gasteiger partial charge is 0.478 e. The van der Waals surface area contributed by atoms with E-state index in [-0.39, 0.29) is 5.57 Å². The molecule has 1 rings (SSSR count). The number of allylic oxidation sites excluding steroid dienone is 6. The SMILES string of the molecule is C/C=C/C=C/C(=O)Oc1ccc(/C(=C\C=C\C)C(=O)O)cc1. The fourth-order valence-electron chi connectivity index (χ4n) is 1.58. The topological polar surface area (TPSA) is 63.6 Å². The molecule has 0 bridgehead atoms. The highest BCUT2D eigenvalue weighted by Crippen LogP contribution is 2.19. The second-order valence-corrected chi connectivity index (χ2v) is 4.24. The summed E-state index contributed by atoms with van der Waals surface area (Å²) in [4.78, 5) is 22.7. The summed E-state index contributed by atoms with van der Waals surface area (Å²) in [6.07, 6.45) is 11.3. The number of carbonyl (C=O) groups is 2. The average Bonchev–Trinajstić information content (AvgIpc) is 2.49. The smallest absolute Gasteiger partial charge is 0.336 e. The summed E-state index contributed by atoms with van der Waals surface area (Å²) in [6.45, 7) is 3.65. The zero-order valence-electron chi connectivity index (χ0n) is 12.5. The summed E-state index contributed by atoms with van der Waals surface area (Å²) in [5.41, 5.74) is 0.707. The van der Waals surface area contributed by atoms with E-state index in [1.54, 1.807) is 61.6 Å². The lowest BCUT2D eigenvalue weighted by molar-refractivity contribution is -0.130. The number of carboxylic acid groups (broad SMARTS) is 1. The van der Waals surface area contributed by atoms with Crippen molar-refractivity contribution in [2.75, 3.05) is 0 Å². The molecule has 22 heavy (non-hydrogen) atoms. The summed E-state index contributed by atoms with van der Waals surface area (Å²) in [5, 5.41) is 9.19. The van der Waals surface area contributed by atoms with Crippen LogP contribution in [0.5, 0.6) is 5.75 Å². The molecule has 1 aromatic carbocycles. The lowest BCUT2D eigenvalue weighted by Gasteiger charge is -2.04. The zero-order valence-corrected chi connectivity index (χ0v) is 12.5. The van der Waals surface area contributed by atoms with Crippen molar-refractivity contribution < 1.29 is 19.4 Å². The minimum atomic E-state index is -1.02. The molecule has 0 saturated carbocycles. The predicted molar refractivity (Wildman–Crippen MR) is 86.5 cm³/mol. The molecule has 0 aliphatic carbocycles. The van der Waals surface area contributed by atoms with Crippen molar-refractivity contribution >= 4 is 17.5 Å². The Morgan fingerprint density at radius 1 is 1.00 bits per heavy atom. The van der Waals surface area contributed by atoms with Crippen LogP contribution in [-0.4, -0.2) is 17.0 Å². The van der Waals surface area contributed by atoms with E-state index < -0.39 is 11.9 Å². The third-order valence-corrected chi connectivity index (χ3v) is 2.61. The fraction of sp³-hybridized carbons (Fsp3) is 0.111. The zero-order chi connectivity index (χ0) is 16.4. The average molecular weight is 298 g/mol. The molecule has 1 aromatic rings. The van der Waals surface area contributed by atoms with Gasteiger partial charge in [0.15, 0.2) is 0 Å². The van der Waals surface area contributed by atoms with Gasteiger partial charge in [-0.25, -0.2) is 9.59 Å². The highest BCUT2D eigenvalue weighted by Gasteiger charge is 2.09. The van der Waals surface area contributed by atoms with E-state index in [1.807, 2.05) is 6.92 Å². The van der Waals surface area contributed by atoms with Crippen LogP contribution in [-0.2, 0) is 9.59 Å². The number of hydrogen-bond acceptors (Lipinski definition) is 3. The number of benzene rings is 1. The number of carboxylic acids is 1. The van der Waals surface area contributed by atoms with E-state index in [2.05, 4.69) is 0 Å². The Morgan fingerprint density at radius 2 is 1.64 bits per heavy atom. The van der Waals surface area contributed by atoms with Gasteiger partial charge < -0.3 is 9.84 Å². The van der Waals surface area contributed by atoms with Gasteiger partial charge in [-0.05, 0) is 37.6 Å². The van der Waals surface area contributed by atoms with Gasteiger partial charge in [0.2, 0.25) is 0 Å². The van der Waals surface area contributed by atoms with Gasteiger partial charge in [-0.2, -0.15) is 0 Å². The van der Waals surface area contributed by atoms with Crippen molar-refractivity contribution in [2.45, 2.75) is 13.8 Å². The van der Waals surface area contributed by atoms with Crippen molar-refractivity contribution in [3.05, 3.63) is 72.4 Å². The van der Waals surface area contributed by atoms with Crippen LogP contribution in [0.3, 0.4) is 0 Å². The minimum absolute atomic E-state index is 0.170. The van der Waals surface area contributed by atoms with E-state index >= 15 is 0 Å². The Morgan fingerprint density at radius 3 is 2.18 bits per heavy atom. The van der Waals surface area contributed by atoms with Gasteiger partial charge in [-0.3, -0.25) is 0 Å². The van der Waals surface area contributed by atoms with Crippen LogP contribution in [0, 0.1) is 0 Å². The number of aliphatic carboxylic acids is 1. The normalized spacial score (nSPS) is 12.4. The van der Waals surface area contributed by atoms with Crippen molar-refractivity contribution in [2.24, 2.45) is 0 Å². The molecule has 0 amide bonds. The summed E-state index contributed by atoms with van der Waals surface area (Å²) >= 11 is 0. The number of ether oxygens (including phenoxy) is 1. The van der Waals surface area contributed by atoms with Crippen LogP contribution in [0.4, 0.5) is 0 Å². The van der Waals surface area contributed by atoms with Crippen LogP contribution in [0.25, 0.3) is 5.57 Å². The van der Waals surface area contributed by atoms with E-state index in [4.69, 9.17) is 4.74 Å². The predicted octanol–water partition coefficient (Wildman–Crippen LogP) is 3.77. The first-order valence-corrected chi connectivity index (χ1v) is 6.76. The highest BCUT2D eigenvalue weighted by molar-refractivity contribution is 6.15. The van der Waals surface area contributed by atoms with Gasteiger partial charge in [-0.1, -0.05) is 42.5 Å². The Bertz CT molecular complexity index is 632. The van der Waals surface area contributed by atoms with Crippen LogP contribution in [0.2, 0.25) is 0 Å². The molecule has 4 heteroatoms. The molecular weight excluding hydrogens is 280 g/mol. The standard InChI is InChI=1S/C18H18O4/c1-3-5-7-9-17(19)22-15-12-10-14(11-13-15)16(18(20)21)8-6-4-2/h3-13H,1-2H3,(H,20,21)/b5-3+,6-4+,9-7+,16-8+. The van der Waals surface area contributed by atoms with E-state index in [9.17, 15) is 14.7 Å². The molecule has 0 aromatic heterocycles. The van der Waals surface area contributed by atoms with Crippen molar-refractivity contribution in [3.63, 3.8) is 0 Å². The number of carbonyl (C=O) groups excluding carboxylic acids is 1. The van der Waals surface area contributed by atoms with Crippen LogP contribution in [0.1, 0.15) is 19.4 Å². The molecule has 0 saturated heterocycles. The molecule has 0 radical (unpaired) electrons. The van der Waals surface area contributed by atoms with Crippen LogP contribution in [0.15, 0.2) is 66.8 Å². The third kappa shape index (κ3) is 5.63. The monoisotopic (exact) mass is 298 g/mol. The molecule has 114 valence electrons. The Labute approximate surface area is 129 Å². The van der Waals surface area contributed by atoms with Gasteiger partial charge in [0.1, 0.15) is 5.75 Å². The Kier molecular flexibility index (Phi) is 7.13. The Hall–Kier alpha value is -2.88. The maximum absolute atomic E-state index is 11.5. The van der Waals surface area contributed by atoms with Crippen LogP contribution < -0.4 is 4.74 Å². The molecule has 0 spiro atoms. The first-order valence-electron chi connectivity index (χ1n) is 6.76. The number of rotatable bonds is 6. The summed E-state index contributed by atoms with van der Waals surface area (Å²) in [7, 11) is 0. The van der Waals surface area contributed by atoms with E-state index in [0.29, 0.717) is 11.3 Å². The van der Waals surface area contributed by atoms with Gasteiger partial charge in [0.25, 0.3) is 0 Å². The highest BCUT2D eigenvalue weighted by atomic mass is 16.5. The molecule has 1 N–H and O–H groups in total. The van der Waals surface area contributed by atoms with Gasteiger partial charge in [0, 0.05) is 6.08 Å². The quantitative estimate of drug-likeness (QED) is 0.376. The number of esters is 1. The third-order valence-electron chi connectivity index (χ3n) is 2.61. The van der Waals surface area contributed by atoms with E-state index in [0.717, 1.165) is 0 Å². The minimum Gasteiger partial charge on any atom is -0.478 e. The lowest BCUT2D eigenvalue weighted by Crippen LogP contribution is -2.04. The molecule has 0 heterocycles. The Balaban J connectivity index is 2.86. The van der Waals surface area contributed by atoms with E-state index in [1.165, 1.54) is 12.2 Å².